The van der Waals surface area contributed by atoms with Gasteiger partial charge in [0.25, 0.3) is 0 Å². The van der Waals surface area contributed by atoms with Crippen molar-refractivity contribution in [1.82, 2.24) is 5.32 Å². The van der Waals surface area contributed by atoms with Gasteiger partial charge in [-0.1, -0.05) is 20.8 Å². The van der Waals surface area contributed by atoms with Crippen molar-refractivity contribution in [2.75, 3.05) is 18.8 Å². The van der Waals surface area contributed by atoms with E-state index in [4.69, 9.17) is 0 Å². The quantitative estimate of drug-likeness (QED) is 0.626. The Balaban J connectivity index is 4.15. The van der Waals surface area contributed by atoms with Crippen molar-refractivity contribution in [3.05, 3.63) is 0 Å². The highest BCUT2D eigenvalue weighted by Gasteiger charge is 2.26. The summed E-state index contributed by atoms with van der Waals surface area (Å²) in [7, 11) is -3.19. The molecule has 0 amide bonds. The molecule has 0 rings (SSSR count). The highest BCUT2D eigenvalue weighted by molar-refractivity contribution is 7.92. The summed E-state index contributed by atoms with van der Waals surface area (Å²) in [6, 6.07) is 0. The zero-order valence-corrected chi connectivity index (χ0v) is 11.5. The van der Waals surface area contributed by atoms with Crippen molar-refractivity contribution in [1.29, 1.82) is 0 Å². The number of hydrogen-bond donors (Lipinski definition) is 2. The molecule has 5 heteroatoms. The molecule has 0 aliphatic carbocycles. The SMILES string of the molecule is CCCNCC(O)CS(=O)(=O)C(C)C(C)C. The monoisotopic (exact) mass is 251 g/mol. The fourth-order valence-corrected chi connectivity index (χ4v) is 3.13. The summed E-state index contributed by atoms with van der Waals surface area (Å²) in [5.41, 5.74) is 0. The molecule has 2 N–H and O–H groups in total. The van der Waals surface area contributed by atoms with Crippen molar-refractivity contribution >= 4 is 9.84 Å². The van der Waals surface area contributed by atoms with Gasteiger partial charge in [-0.3, -0.25) is 0 Å². The molecule has 0 fully saturated rings. The topological polar surface area (TPSA) is 66.4 Å². The van der Waals surface area contributed by atoms with Crippen LogP contribution in [0.3, 0.4) is 0 Å². The maximum absolute atomic E-state index is 11.8. The zero-order valence-electron chi connectivity index (χ0n) is 10.7. The van der Waals surface area contributed by atoms with Gasteiger partial charge in [0.1, 0.15) is 0 Å². The van der Waals surface area contributed by atoms with Crippen LogP contribution in [0.25, 0.3) is 0 Å². The maximum atomic E-state index is 11.8. The zero-order chi connectivity index (χ0) is 12.8. The van der Waals surface area contributed by atoms with E-state index in [0.29, 0.717) is 6.54 Å². The number of aliphatic hydroxyl groups excluding tert-OH is 1. The van der Waals surface area contributed by atoms with Crippen LogP contribution in [-0.2, 0) is 9.84 Å². The average Bonchev–Trinajstić information content (AvgIpc) is 2.16. The fourth-order valence-electron chi connectivity index (χ4n) is 1.34. The Bertz CT molecular complexity index is 275. The molecule has 0 aromatic heterocycles. The lowest BCUT2D eigenvalue weighted by atomic mass is 10.2. The molecule has 2 unspecified atom stereocenters. The predicted octanol–water partition coefficient (Wildman–Crippen LogP) is 0.806. The van der Waals surface area contributed by atoms with E-state index < -0.39 is 21.2 Å². The second kappa shape index (κ2) is 7.25. The molecule has 0 radical (unpaired) electrons. The van der Waals surface area contributed by atoms with E-state index in [0.717, 1.165) is 13.0 Å². The van der Waals surface area contributed by atoms with Gasteiger partial charge in [0, 0.05) is 6.54 Å². The Morgan fingerprint density at radius 1 is 1.25 bits per heavy atom. The van der Waals surface area contributed by atoms with Gasteiger partial charge in [0.15, 0.2) is 9.84 Å². The maximum Gasteiger partial charge on any atom is 0.155 e. The molecule has 0 aliphatic rings. The van der Waals surface area contributed by atoms with Crippen molar-refractivity contribution in [3.8, 4) is 0 Å². The first kappa shape index (κ1) is 15.9. The molecule has 0 saturated heterocycles. The van der Waals surface area contributed by atoms with Crippen molar-refractivity contribution < 1.29 is 13.5 Å². The van der Waals surface area contributed by atoms with Gasteiger partial charge in [-0.2, -0.15) is 0 Å². The van der Waals surface area contributed by atoms with E-state index in [1.165, 1.54) is 0 Å². The summed E-state index contributed by atoms with van der Waals surface area (Å²) in [6.45, 7) is 8.63. The largest absolute Gasteiger partial charge is 0.391 e. The minimum atomic E-state index is -3.19. The van der Waals surface area contributed by atoms with Gasteiger partial charge in [0.2, 0.25) is 0 Å². The highest BCUT2D eigenvalue weighted by Crippen LogP contribution is 2.13. The first-order valence-corrected chi connectivity index (χ1v) is 7.63. The lowest BCUT2D eigenvalue weighted by Crippen LogP contribution is -2.37. The third-order valence-corrected chi connectivity index (χ3v) is 5.26. The van der Waals surface area contributed by atoms with Gasteiger partial charge in [-0.05, 0) is 25.8 Å². The van der Waals surface area contributed by atoms with E-state index >= 15 is 0 Å². The van der Waals surface area contributed by atoms with Crippen LogP contribution in [-0.4, -0.2) is 43.7 Å². The summed E-state index contributed by atoms with van der Waals surface area (Å²) in [5.74, 6) is -0.0657. The summed E-state index contributed by atoms with van der Waals surface area (Å²) < 4.78 is 23.7. The van der Waals surface area contributed by atoms with Crippen LogP contribution in [0.15, 0.2) is 0 Å². The molecule has 0 aliphatic heterocycles. The summed E-state index contributed by atoms with van der Waals surface area (Å²) >= 11 is 0. The van der Waals surface area contributed by atoms with Crippen LogP contribution in [0.4, 0.5) is 0 Å². The van der Waals surface area contributed by atoms with Gasteiger partial charge in [-0.15, -0.1) is 0 Å². The van der Waals surface area contributed by atoms with Crippen LogP contribution in [0, 0.1) is 5.92 Å². The van der Waals surface area contributed by atoms with Crippen LogP contribution in [0.5, 0.6) is 0 Å². The number of nitrogens with one attached hydrogen (secondary N) is 1. The van der Waals surface area contributed by atoms with E-state index in [1.807, 2.05) is 20.8 Å². The van der Waals surface area contributed by atoms with E-state index in [1.54, 1.807) is 6.92 Å². The summed E-state index contributed by atoms with van der Waals surface area (Å²) in [5, 5.41) is 12.2. The van der Waals surface area contributed by atoms with Gasteiger partial charge < -0.3 is 10.4 Å². The third kappa shape index (κ3) is 5.82. The van der Waals surface area contributed by atoms with E-state index in [-0.39, 0.29) is 11.7 Å². The smallest absolute Gasteiger partial charge is 0.155 e. The summed E-state index contributed by atoms with van der Waals surface area (Å²) in [4.78, 5) is 0. The van der Waals surface area contributed by atoms with Crippen molar-refractivity contribution in [3.63, 3.8) is 0 Å². The van der Waals surface area contributed by atoms with E-state index in [9.17, 15) is 13.5 Å². The second-order valence-electron chi connectivity index (χ2n) is 4.64. The lowest BCUT2D eigenvalue weighted by molar-refractivity contribution is 0.193. The van der Waals surface area contributed by atoms with Crippen molar-refractivity contribution in [2.24, 2.45) is 5.92 Å². The molecule has 4 nitrogen and oxygen atoms in total. The average molecular weight is 251 g/mol. The number of aliphatic hydroxyl groups is 1. The highest BCUT2D eigenvalue weighted by atomic mass is 32.2. The summed E-state index contributed by atoms with van der Waals surface area (Å²) in [6.07, 6.45) is 0.166. The van der Waals surface area contributed by atoms with Gasteiger partial charge in [0.05, 0.1) is 17.1 Å². The van der Waals surface area contributed by atoms with Crippen LogP contribution >= 0.6 is 0 Å². The molecular formula is C11H25NO3S. The molecule has 2 atom stereocenters. The number of rotatable bonds is 8. The van der Waals surface area contributed by atoms with Gasteiger partial charge in [-0.25, -0.2) is 8.42 Å². The van der Waals surface area contributed by atoms with Crippen molar-refractivity contribution in [2.45, 2.75) is 45.5 Å². The number of sulfone groups is 1. The third-order valence-electron chi connectivity index (χ3n) is 2.74. The lowest BCUT2D eigenvalue weighted by Gasteiger charge is -2.19. The molecule has 0 saturated carbocycles. The molecular weight excluding hydrogens is 226 g/mol. The van der Waals surface area contributed by atoms with Crippen LogP contribution in [0.1, 0.15) is 34.1 Å². The first-order chi connectivity index (χ1) is 7.31. The number of hydrogen-bond acceptors (Lipinski definition) is 4. The first-order valence-electron chi connectivity index (χ1n) is 5.91. The van der Waals surface area contributed by atoms with Crippen LogP contribution in [0.2, 0.25) is 0 Å². The molecule has 98 valence electrons. The fraction of sp³-hybridized carbons (Fsp3) is 1.00. The molecule has 0 bridgehead atoms. The minimum Gasteiger partial charge on any atom is -0.391 e. The molecule has 0 heterocycles. The Labute approximate surface area is 99.4 Å². The van der Waals surface area contributed by atoms with Gasteiger partial charge >= 0.3 is 0 Å². The molecule has 0 aromatic carbocycles. The Hall–Kier alpha value is -0.130. The Morgan fingerprint density at radius 3 is 2.25 bits per heavy atom. The minimum absolute atomic E-state index is 0.0841. The van der Waals surface area contributed by atoms with E-state index in [2.05, 4.69) is 5.32 Å². The van der Waals surface area contributed by atoms with Crippen LogP contribution < -0.4 is 5.32 Å². The second-order valence-corrected chi connectivity index (χ2v) is 7.04. The Morgan fingerprint density at radius 2 is 1.81 bits per heavy atom. The molecule has 0 aromatic rings. The molecule has 0 spiro atoms. The molecule has 16 heavy (non-hydrogen) atoms. The Kier molecular flexibility index (Phi) is 7.19. The normalized spacial score (nSPS) is 16.4. The predicted molar refractivity (Wildman–Crippen MR) is 67.3 cm³/mol. The standard InChI is InChI=1S/C11H25NO3S/c1-5-6-12-7-11(13)8-16(14,15)10(4)9(2)3/h9-13H,5-8H2,1-4H3.